The van der Waals surface area contributed by atoms with Gasteiger partial charge in [-0.2, -0.15) is 0 Å². The molecule has 0 N–H and O–H groups in total. The van der Waals surface area contributed by atoms with Gasteiger partial charge in [-0.3, -0.25) is 0 Å². The van der Waals surface area contributed by atoms with Crippen LogP contribution in [0.5, 0.6) is 0 Å². The molecule has 0 unspecified atom stereocenters. The smallest absolute Gasteiger partial charge is 0.144 e. The van der Waals surface area contributed by atoms with Gasteiger partial charge in [-0.15, -0.1) is 11.3 Å². The van der Waals surface area contributed by atoms with Crippen molar-refractivity contribution in [2.45, 2.75) is 6.92 Å². The highest BCUT2D eigenvalue weighted by Crippen LogP contribution is 2.30. The minimum absolute atomic E-state index is 0.920. The van der Waals surface area contributed by atoms with Crippen molar-refractivity contribution in [3.05, 3.63) is 52.8 Å². The van der Waals surface area contributed by atoms with Gasteiger partial charge >= 0.3 is 0 Å². The number of halogens is 1. The SMILES string of the molecule is Cc1cc2nc(-c3nc4ccccc4s3)cn2cc1Br. The molecule has 1 aromatic carbocycles. The predicted molar refractivity (Wildman–Crippen MR) is 86.2 cm³/mol. The lowest BCUT2D eigenvalue weighted by Gasteiger charge is -1.98. The molecule has 0 bridgehead atoms. The average Bonchev–Trinajstić information content (AvgIpc) is 3.02. The van der Waals surface area contributed by atoms with Crippen LogP contribution in [0.25, 0.3) is 26.6 Å². The summed E-state index contributed by atoms with van der Waals surface area (Å²) in [5, 5.41) is 0.962. The van der Waals surface area contributed by atoms with Crippen molar-refractivity contribution in [2.75, 3.05) is 0 Å². The zero-order valence-electron chi connectivity index (χ0n) is 10.7. The molecular formula is C15H10BrN3S. The molecule has 0 spiro atoms. The highest BCUT2D eigenvalue weighted by Gasteiger charge is 2.10. The van der Waals surface area contributed by atoms with Crippen molar-refractivity contribution >= 4 is 43.1 Å². The fraction of sp³-hybridized carbons (Fsp3) is 0.0667. The molecule has 0 aliphatic carbocycles. The molecule has 0 aliphatic heterocycles. The van der Waals surface area contributed by atoms with E-state index in [1.807, 2.05) is 35.0 Å². The molecular weight excluding hydrogens is 334 g/mol. The van der Waals surface area contributed by atoms with E-state index in [0.717, 1.165) is 26.3 Å². The van der Waals surface area contributed by atoms with E-state index < -0.39 is 0 Å². The number of aryl methyl sites for hydroxylation is 1. The molecule has 5 heteroatoms. The number of thiazole rings is 1. The Balaban J connectivity index is 1.93. The Bertz CT molecular complexity index is 867. The molecule has 0 amide bonds. The van der Waals surface area contributed by atoms with Gasteiger partial charge in [0.05, 0.1) is 10.2 Å². The average molecular weight is 344 g/mol. The molecule has 98 valence electrons. The number of pyridine rings is 1. The lowest BCUT2D eigenvalue weighted by Crippen LogP contribution is -1.85. The van der Waals surface area contributed by atoms with Gasteiger partial charge in [0.25, 0.3) is 0 Å². The number of hydrogen-bond donors (Lipinski definition) is 0. The number of rotatable bonds is 1. The molecule has 3 heterocycles. The molecule has 20 heavy (non-hydrogen) atoms. The van der Waals surface area contributed by atoms with Crippen LogP contribution in [0.15, 0.2) is 47.2 Å². The van der Waals surface area contributed by atoms with E-state index in [1.165, 1.54) is 10.3 Å². The fourth-order valence-corrected chi connectivity index (χ4v) is 3.44. The normalized spacial score (nSPS) is 11.5. The van der Waals surface area contributed by atoms with Crippen molar-refractivity contribution < 1.29 is 0 Å². The molecule has 0 saturated carbocycles. The molecule has 0 atom stereocenters. The zero-order valence-corrected chi connectivity index (χ0v) is 13.1. The molecule has 3 nitrogen and oxygen atoms in total. The summed E-state index contributed by atoms with van der Waals surface area (Å²) in [6, 6.07) is 10.2. The van der Waals surface area contributed by atoms with Crippen molar-refractivity contribution in [2.24, 2.45) is 0 Å². The maximum Gasteiger partial charge on any atom is 0.144 e. The second-order valence-corrected chi connectivity index (χ2v) is 6.57. The van der Waals surface area contributed by atoms with Gasteiger partial charge in [0.1, 0.15) is 16.3 Å². The van der Waals surface area contributed by atoms with E-state index >= 15 is 0 Å². The van der Waals surface area contributed by atoms with Gasteiger partial charge < -0.3 is 4.40 Å². The van der Waals surface area contributed by atoms with Gasteiger partial charge in [0.2, 0.25) is 0 Å². The third-order valence-electron chi connectivity index (χ3n) is 3.25. The number of para-hydroxylation sites is 1. The molecule has 0 saturated heterocycles. The summed E-state index contributed by atoms with van der Waals surface area (Å²) >= 11 is 5.22. The van der Waals surface area contributed by atoms with Crippen molar-refractivity contribution in [3.63, 3.8) is 0 Å². The second-order valence-electron chi connectivity index (χ2n) is 4.68. The first-order valence-electron chi connectivity index (χ1n) is 6.21. The number of fused-ring (bicyclic) bond motifs is 2. The fourth-order valence-electron chi connectivity index (χ4n) is 2.19. The summed E-state index contributed by atoms with van der Waals surface area (Å²) in [7, 11) is 0. The van der Waals surface area contributed by atoms with Crippen LogP contribution in [-0.2, 0) is 0 Å². The number of benzene rings is 1. The predicted octanol–water partition coefficient (Wildman–Crippen LogP) is 4.68. The molecule has 4 aromatic rings. The van der Waals surface area contributed by atoms with E-state index in [1.54, 1.807) is 11.3 Å². The summed E-state index contributed by atoms with van der Waals surface area (Å²) in [6.45, 7) is 2.07. The largest absolute Gasteiger partial charge is 0.305 e. The first kappa shape index (κ1) is 12.1. The van der Waals surface area contributed by atoms with Gasteiger partial charge in [-0.1, -0.05) is 12.1 Å². The van der Waals surface area contributed by atoms with Crippen molar-refractivity contribution in [1.82, 2.24) is 14.4 Å². The van der Waals surface area contributed by atoms with E-state index in [2.05, 4.69) is 45.0 Å². The first-order chi connectivity index (χ1) is 9.70. The highest BCUT2D eigenvalue weighted by molar-refractivity contribution is 9.10. The maximum absolute atomic E-state index is 4.67. The third-order valence-corrected chi connectivity index (χ3v) is 5.14. The Morgan fingerprint density at radius 1 is 1.15 bits per heavy atom. The van der Waals surface area contributed by atoms with Crippen LogP contribution >= 0.6 is 27.3 Å². The summed E-state index contributed by atoms with van der Waals surface area (Å²) in [4.78, 5) is 9.32. The van der Waals surface area contributed by atoms with Crippen LogP contribution in [-0.4, -0.2) is 14.4 Å². The lowest BCUT2D eigenvalue weighted by molar-refractivity contribution is 1.16. The Kier molecular flexibility index (Phi) is 2.65. The van der Waals surface area contributed by atoms with Crippen molar-refractivity contribution in [1.29, 1.82) is 0 Å². The zero-order chi connectivity index (χ0) is 13.7. The van der Waals surface area contributed by atoms with Crippen LogP contribution in [0, 0.1) is 6.92 Å². The van der Waals surface area contributed by atoms with Gasteiger partial charge in [-0.05, 0) is 46.6 Å². The summed E-state index contributed by atoms with van der Waals surface area (Å²) in [5.41, 5.74) is 4.07. The molecule has 0 fully saturated rings. The molecule has 0 aliphatic rings. The standard InChI is InChI=1S/C15H10BrN3S/c1-9-6-14-17-12(8-19(14)7-10(9)16)15-18-11-4-2-3-5-13(11)20-15/h2-8H,1H3. The Morgan fingerprint density at radius 2 is 2.00 bits per heavy atom. The quantitative estimate of drug-likeness (QED) is 0.502. The van der Waals surface area contributed by atoms with Crippen LogP contribution in [0.4, 0.5) is 0 Å². The van der Waals surface area contributed by atoms with Crippen LogP contribution in [0.3, 0.4) is 0 Å². The monoisotopic (exact) mass is 343 g/mol. The molecule has 3 aromatic heterocycles. The van der Waals surface area contributed by atoms with E-state index in [4.69, 9.17) is 0 Å². The second kappa shape index (κ2) is 4.40. The number of nitrogens with zero attached hydrogens (tertiary/aromatic N) is 3. The minimum Gasteiger partial charge on any atom is -0.305 e. The maximum atomic E-state index is 4.67. The molecule has 0 radical (unpaired) electrons. The lowest BCUT2D eigenvalue weighted by atomic mass is 10.3. The third kappa shape index (κ3) is 1.85. The van der Waals surface area contributed by atoms with E-state index in [0.29, 0.717) is 0 Å². The number of hydrogen-bond acceptors (Lipinski definition) is 3. The highest BCUT2D eigenvalue weighted by atomic mass is 79.9. The van der Waals surface area contributed by atoms with Gasteiger partial charge in [0.15, 0.2) is 0 Å². The van der Waals surface area contributed by atoms with Gasteiger partial charge in [-0.25, -0.2) is 9.97 Å². The number of aromatic nitrogens is 3. The van der Waals surface area contributed by atoms with Crippen LogP contribution < -0.4 is 0 Å². The van der Waals surface area contributed by atoms with Gasteiger partial charge in [0, 0.05) is 16.9 Å². The Labute approximate surface area is 128 Å². The number of imidazole rings is 1. The van der Waals surface area contributed by atoms with E-state index in [9.17, 15) is 0 Å². The van der Waals surface area contributed by atoms with Crippen LogP contribution in [0.1, 0.15) is 5.56 Å². The Hall–Kier alpha value is -1.72. The van der Waals surface area contributed by atoms with E-state index in [-0.39, 0.29) is 0 Å². The first-order valence-corrected chi connectivity index (χ1v) is 7.82. The Morgan fingerprint density at radius 3 is 2.85 bits per heavy atom. The summed E-state index contributed by atoms with van der Waals surface area (Å²) in [5.74, 6) is 0. The van der Waals surface area contributed by atoms with Crippen molar-refractivity contribution in [3.8, 4) is 10.7 Å². The minimum atomic E-state index is 0.920. The summed E-state index contributed by atoms with van der Waals surface area (Å²) < 4.78 is 4.30. The summed E-state index contributed by atoms with van der Waals surface area (Å²) in [6.07, 6.45) is 4.06. The molecule has 4 rings (SSSR count). The van der Waals surface area contributed by atoms with Crippen LogP contribution in [0.2, 0.25) is 0 Å². The topological polar surface area (TPSA) is 30.2 Å².